The number of pyridine rings is 1. The number of aliphatic hydroxyl groups is 1. The molecule has 0 aliphatic heterocycles. The second-order valence-electron chi connectivity index (χ2n) is 7.52. The van der Waals surface area contributed by atoms with Crippen LogP contribution in [0.25, 0.3) is 22.0 Å². The van der Waals surface area contributed by atoms with Gasteiger partial charge in [0, 0.05) is 34.5 Å². The van der Waals surface area contributed by atoms with E-state index in [1.165, 1.54) is 19.5 Å². The van der Waals surface area contributed by atoms with Crippen molar-refractivity contribution in [3.63, 3.8) is 0 Å². The summed E-state index contributed by atoms with van der Waals surface area (Å²) in [5.74, 6) is -0.230. The number of aromatic amines is 1. The Labute approximate surface area is 194 Å². The van der Waals surface area contributed by atoms with Crippen molar-refractivity contribution in [2.24, 2.45) is 0 Å². The van der Waals surface area contributed by atoms with Crippen LogP contribution in [0.5, 0.6) is 5.88 Å². The molecule has 3 aromatic heterocycles. The van der Waals surface area contributed by atoms with Gasteiger partial charge >= 0.3 is 0 Å². The standard InChI is InChI=1S/C25H20N6O3/c1-34-22-19(20-15-29-31-21-10-6-5-9-18(20)21)13-17(14-28-22)30-24(32)25(33,23-26-11-12-27-23)16-7-3-2-4-8-16/h2-15,33H,1H3,(H,26,27)(H,30,32)/t25-/m1/s1. The number of carbonyl (C=O) groups is 1. The molecule has 1 atom stereocenters. The second kappa shape index (κ2) is 8.72. The lowest BCUT2D eigenvalue weighted by atomic mass is 9.91. The van der Waals surface area contributed by atoms with Gasteiger partial charge in [0.2, 0.25) is 11.5 Å². The third kappa shape index (κ3) is 3.63. The highest BCUT2D eigenvalue weighted by Gasteiger charge is 2.42. The van der Waals surface area contributed by atoms with Crippen LogP contribution < -0.4 is 10.1 Å². The Kier molecular flexibility index (Phi) is 5.44. The minimum atomic E-state index is -2.05. The maximum atomic E-state index is 13.4. The van der Waals surface area contributed by atoms with Gasteiger partial charge in [-0.3, -0.25) is 4.79 Å². The van der Waals surface area contributed by atoms with E-state index in [0.717, 1.165) is 10.9 Å². The number of rotatable bonds is 6. The van der Waals surface area contributed by atoms with Crippen molar-refractivity contribution >= 4 is 22.5 Å². The van der Waals surface area contributed by atoms with E-state index in [0.29, 0.717) is 28.2 Å². The van der Waals surface area contributed by atoms with E-state index in [1.54, 1.807) is 48.8 Å². The summed E-state index contributed by atoms with van der Waals surface area (Å²) < 4.78 is 5.47. The zero-order chi connectivity index (χ0) is 23.5. The molecule has 3 heterocycles. The fourth-order valence-corrected chi connectivity index (χ4v) is 3.84. The van der Waals surface area contributed by atoms with Crippen LogP contribution in [-0.4, -0.2) is 43.3 Å². The molecule has 3 N–H and O–H groups in total. The molecule has 1 amide bonds. The molecular formula is C25H20N6O3. The van der Waals surface area contributed by atoms with Gasteiger partial charge in [-0.1, -0.05) is 48.5 Å². The van der Waals surface area contributed by atoms with Gasteiger partial charge in [0.15, 0.2) is 5.82 Å². The highest BCUT2D eigenvalue weighted by atomic mass is 16.5. The Hall–Kier alpha value is -4.63. The van der Waals surface area contributed by atoms with E-state index < -0.39 is 11.5 Å². The minimum Gasteiger partial charge on any atom is -0.481 e. The van der Waals surface area contributed by atoms with Crippen LogP contribution in [0.3, 0.4) is 0 Å². The molecule has 0 saturated heterocycles. The number of fused-ring (bicyclic) bond motifs is 1. The summed E-state index contributed by atoms with van der Waals surface area (Å²) in [5.41, 5.74) is 0.766. The van der Waals surface area contributed by atoms with Crippen molar-refractivity contribution in [1.82, 2.24) is 25.1 Å². The van der Waals surface area contributed by atoms with Crippen molar-refractivity contribution in [2.75, 3.05) is 12.4 Å². The van der Waals surface area contributed by atoms with E-state index in [-0.39, 0.29) is 5.82 Å². The Morgan fingerprint density at radius 1 is 1.03 bits per heavy atom. The average molecular weight is 452 g/mol. The Bertz CT molecular complexity index is 1450. The van der Waals surface area contributed by atoms with Crippen molar-refractivity contribution in [2.45, 2.75) is 5.60 Å². The first-order valence-corrected chi connectivity index (χ1v) is 10.5. The van der Waals surface area contributed by atoms with Gasteiger partial charge < -0.3 is 20.1 Å². The lowest BCUT2D eigenvalue weighted by Crippen LogP contribution is -2.42. The smallest absolute Gasteiger partial charge is 0.269 e. The molecule has 0 radical (unpaired) electrons. The van der Waals surface area contributed by atoms with Gasteiger partial charge in [-0.05, 0) is 12.1 Å². The zero-order valence-electron chi connectivity index (χ0n) is 18.1. The van der Waals surface area contributed by atoms with Crippen LogP contribution in [0, 0.1) is 0 Å². The first-order chi connectivity index (χ1) is 16.6. The molecule has 34 heavy (non-hydrogen) atoms. The Balaban J connectivity index is 1.57. The monoisotopic (exact) mass is 452 g/mol. The maximum absolute atomic E-state index is 13.4. The number of nitrogens with one attached hydrogen (secondary N) is 2. The zero-order valence-corrected chi connectivity index (χ0v) is 18.1. The summed E-state index contributed by atoms with van der Waals surface area (Å²) >= 11 is 0. The number of carbonyl (C=O) groups excluding carboxylic acids is 1. The maximum Gasteiger partial charge on any atom is 0.269 e. The van der Waals surface area contributed by atoms with E-state index in [1.807, 2.05) is 24.3 Å². The summed E-state index contributed by atoms with van der Waals surface area (Å²) in [7, 11) is 1.52. The van der Waals surface area contributed by atoms with Crippen LogP contribution >= 0.6 is 0 Å². The number of anilines is 1. The summed E-state index contributed by atoms with van der Waals surface area (Å²) in [5, 5.41) is 23.4. The summed E-state index contributed by atoms with van der Waals surface area (Å²) in [6.07, 6.45) is 6.11. The minimum absolute atomic E-state index is 0.0993. The topological polar surface area (TPSA) is 126 Å². The number of amides is 1. The predicted octanol–water partition coefficient (Wildman–Crippen LogP) is 3.30. The van der Waals surface area contributed by atoms with E-state index in [2.05, 4.69) is 30.5 Å². The molecule has 0 aliphatic rings. The van der Waals surface area contributed by atoms with E-state index in [4.69, 9.17) is 4.74 Å². The van der Waals surface area contributed by atoms with Gasteiger partial charge in [-0.25, -0.2) is 9.97 Å². The SMILES string of the molecule is COc1ncc(NC(=O)[C@@](O)(c2ccccc2)c2ncc[nH]2)cc1-c1cnnc2ccccc12. The number of benzene rings is 2. The fourth-order valence-electron chi connectivity index (χ4n) is 3.84. The van der Waals surface area contributed by atoms with Gasteiger partial charge in [-0.15, -0.1) is 0 Å². The van der Waals surface area contributed by atoms with Crippen molar-refractivity contribution in [1.29, 1.82) is 0 Å². The summed E-state index contributed by atoms with van der Waals surface area (Å²) in [4.78, 5) is 24.8. The lowest BCUT2D eigenvalue weighted by molar-refractivity contribution is -0.131. The normalized spacial score (nSPS) is 12.8. The van der Waals surface area contributed by atoms with Crippen LogP contribution in [0.4, 0.5) is 5.69 Å². The number of nitrogens with zero attached hydrogens (tertiary/aromatic N) is 4. The summed E-state index contributed by atoms with van der Waals surface area (Å²) in [6.45, 7) is 0. The number of aromatic nitrogens is 5. The molecule has 2 aromatic carbocycles. The molecule has 9 heteroatoms. The molecule has 5 rings (SSSR count). The predicted molar refractivity (Wildman–Crippen MR) is 126 cm³/mol. The number of ether oxygens (including phenoxy) is 1. The van der Waals surface area contributed by atoms with Gasteiger partial charge in [-0.2, -0.15) is 10.2 Å². The second-order valence-corrected chi connectivity index (χ2v) is 7.52. The molecule has 5 aromatic rings. The Morgan fingerprint density at radius 3 is 2.59 bits per heavy atom. The van der Waals surface area contributed by atoms with Crippen LogP contribution in [0.15, 0.2) is 85.5 Å². The average Bonchev–Trinajstić information content (AvgIpc) is 3.44. The molecule has 0 fully saturated rings. The van der Waals surface area contributed by atoms with E-state index in [9.17, 15) is 9.90 Å². The van der Waals surface area contributed by atoms with Crippen LogP contribution in [0.1, 0.15) is 11.4 Å². The number of hydrogen-bond acceptors (Lipinski definition) is 7. The van der Waals surface area contributed by atoms with Crippen molar-refractivity contribution in [3.8, 4) is 17.0 Å². The lowest BCUT2D eigenvalue weighted by Gasteiger charge is -2.25. The Morgan fingerprint density at radius 2 is 1.82 bits per heavy atom. The third-order valence-electron chi connectivity index (χ3n) is 5.50. The van der Waals surface area contributed by atoms with Crippen molar-refractivity contribution in [3.05, 3.63) is 96.8 Å². The molecule has 0 bridgehead atoms. The highest BCUT2D eigenvalue weighted by molar-refractivity contribution is 6.01. The molecule has 0 saturated carbocycles. The van der Waals surface area contributed by atoms with Gasteiger partial charge in [0.05, 0.1) is 30.7 Å². The number of H-pyrrole nitrogens is 1. The van der Waals surface area contributed by atoms with E-state index >= 15 is 0 Å². The first kappa shape index (κ1) is 21.2. The number of hydrogen-bond donors (Lipinski definition) is 3. The van der Waals surface area contributed by atoms with Crippen molar-refractivity contribution < 1.29 is 14.6 Å². The fraction of sp³-hybridized carbons (Fsp3) is 0.0800. The summed E-state index contributed by atoms with van der Waals surface area (Å²) in [6, 6.07) is 17.9. The molecular weight excluding hydrogens is 432 g/mol. The van der Waals surface area contributed by atoms with Gasteiger partial charge in [0.1, 0.15) is 0 Å². The highest BCUT2D eigenvalue weighted by Crippen LogP contribution is 2.35. The molecule has 9 nitrogen and oxygen atoms in total. The third-order valence-corrected chi connectivity index (χ3v) is 5.50. The van der Waals surface area contributed by atoms with Gasteiger partial charge in [0.25, 0.3) is 5.91 Å². The van der Waals surface area contributed by atoms with Crippen LogP contribution in [-0.2, 0) is 10.4 Å². The number of imidazole rings is 1. The number of methoxy groups -OCH3 is 1. The molecule has 0 unspecified atom stereocenters. The molecule has 168 valence electrons. The molecule has 0 spiro atoms. The quantitative estimate of drug-likeness (QED) is 0.361. The first-order valence-electron chi connectivity index (χ1n) is 10.5. The largest absolute Gasteiger partial charge is 0.481 e. The van der Waals surface area contributed by atoms with Crippen LogP contribution in [0.2, 0.25) is 0 Å². The molecule has 0 aliphatic carbocycles.